The van der Waals surface area contributed by atoms with E-state index in [1.165, 1.54) is 11.1 Å². The largest absolute Gasteiger partial charge is 0.497 e. The molecule has 0 radical (unpaired) electrons. The Hall–Kier alpha value is -2.30. The summed E-state index contributed by atoms with van der Waals surface area (Å²) in [5.74, 6) is 0.826. The van der Waals surface area contributed by atoms with Gasteiger partial charge >= 0.3 is 0 Å². The maximum absolute atomic E-state index is 9.15. The van der Waals surface area contributed by atoms with Crippen LogP contribution in [-0.2, 0) is 0 Å². The van der Waals surface area contributed by atoms with Crippen LogP contribution in [0.2, 0.25) is 0 Å². The number of methoxy groups -OCH3 is 1. The van der Waals surface area contributed by atoms with Crippen molar-refractivity contribution < 1.29 is 4.74 Å². The molecular weight excluding hydrogens is 274 g/mol. The first kappa shape index (κ1) is 16.1. The Labute approximate surface area is 132 Å². The van der Waals surface area contributed by atoms with Gasteiger partial charge in [-0.05, 0) is 36.1 Å². The Kier molecular flexibility index (Phi) is 6.01. The molecule has 0 unspecified atom stereocenters. The SMILES string of the molecule is COc1ccc(C2=CCN(C[C@H](C#N)CCC#N)CC2)cc1. The lowest BCUT2D eigenvalue weighted by Gasteiger charge is -2.28. The number of hydrogen-bond donors (Lipinski definition) is 0. The van der Waals surface area contributed by atoms with E-state index in [4.69, 9.17) is 15.3 Å². The van der Waals surface area contributed by atoms with Crippen molar-refractivity contribution in [1.82, 2.24) is 4.90 Å². The molecule has 1 atom stereocenters. The lowest BCUT2D eigenvalue weighted by atomic mass is 9.98. The van der Waals surface area contributed by atoms with E-state index in [1.54, 1.807) is 7.11 Å². The normalized spacial score (nSPS) is 16.2. The highest BCUT2D eigenvalue weighted by Gasteiger charge is 2.17. The van der Waals surface area contributed by atoms with E-state index in [9.17, 15) is 0 Å². The minimum absolute atomic E-state index is 0.0458. The first-order chi connectivity index (χ1) is 10.8. The van der Waals surface area contributed by atoms with Gasteiger partial charge in [-0.1, -0.05) is 18.2 Å². The van der Waals surface area contributed by atoms with Gasteiger partial charge in [0.25, 0.3) is 0 Å². The van der Waals surface area contributed by atoms with Crippen LogP contribution >= 0.6 is 0 Å². The quantitative estimate of drug-likeness (QED) is 0.808. The Morgan fingerprint density at radius 1 is 1.27 bits per heavy atom. The standard InChI is InChI=1S/C18H21N3O/c1-22-18-6-4-16(5-7-18)17-8-11-21(12-9-17)14-15(13-20)3-2-10-19/h4-8,15H,2-3,9,11-12,14H2,1H3/t15-/m0/s1. The number of nitrogens with zero attached hydrogens (tertiary/aromatic N) is 3. The molecule has 22 heavy (non-hydrogen) atoms. The number of ether oxygens (including phenoxy) is 1. The summed E-state index contributed by atoms with van der Waals surface area (Å²) in [5, 5.41) is 17.8. The smallest absolute Gasteiger partial charge is 0.118 e. The van der Waals surface area contributed by atoms with E-state index in [0.29, 0.717) is 12.8 Å². The molecule has 0 saturated heterocycles. The second-order valence-electron chi connectivity index (χ2n) is 5.49. The Bertz CT molecular complexity index is 592. The van der Waals surface area contributed by atoms with Crippen molar-refractivity contribution in [3.8, 4) is 17.9 Å². The molecule has 0 amide bonds. The number of nitriles is 2. The first-order valence-corrected chi connectivity index (χ1v) is 7.59. The maximum Gasteiger partial charge on any atom is 0.118 e. The van der Waals surface area contributed by atoms with Gasteiger partial charge in [0, 0.05) is 26.1 Å². The highest BCUT2D eigenvalue weighted by molar-refractivity contribution is 5.67. The fraction of sp³-hybridized carbons (Fsp3) is 0.444. The van der Waals surface area contributed by atoms with Crippen molar-refractivity contribution in [2.45, 2.75) is 19.3 Å². The zero-order chi connectivity index (χ0) is 15.8. The molecule has 0 saturated carbocycles. The molecular formula is C18H21N3O. The minimum Gasteiger partial charge on any atom is -0.497 e. The van der Waals surface area contributed by atoms with Crippen LogP contribution in [0.15, 0.2) is 30.3 Å². The minimum atomic E-state index is -0.0458. The predicted octanol–water partition coefficient (Wildman–Crippen LogP) is 3.23. The van der Waals surface area contributed by atoms with Gasteiger partial charge in [-0.2, -0.15) is 10.5 Å². The third-order valence-corrected chi connectivity index (χ3v) is 4.02. The predicted molar refractivity (Wildman–Crippen MR) is 86.0 cm³/mol. The highest BCUT2D eigenvalue weighted by Crippen LogP contribution is 2.24. The fourth-order valence-corrected chi connectivity index (χ4v) is 2.69. The molecule has 0 aromatic heterocycles. The molecule has 1 aliphatic heterocycles. The van der Waals surface area contributed by atoms with Crippen LogP contribution in [0.4, 0.5) is 0 Å². The van der Waals surface area contributed by atoms with Crippen molar-refractivity contribution in [3.63, 3.8) is 0 Å². The molecule has 0 bridgehead atoms. The summed E-state index contributed by atoms with van der Waals surface area (Å²) in [5.41, 5.74) is 2.59. The summed E-state index contributed by atoms with van der Waals surface area (Å²) in [7, 11) is 1.67. The van der Waals surface area contributed by atoms with Gasteiger partial charge in [0.1, 0.15) is 5.75 Å². The van der Waals surface area contributed by atoms with Crippen LogP contribution in [0.1, 0.15) is 24.8 Å². The summed E-state index contributed by atoms with van der Waals surface area (Å²) in [6.45, 7) is 2.58. The average Bonchev–Trinajstić information content (AvgIpc) is 2.59. The summed E-state index contributed by atoms with van der Waals surface area (Å²) in [6.07, 6.45) is 4.35. The zero-order valence-corrected chi connectivity index (χ0v) is 13.0. The van der Waals surface area contributed by atoms with E-state index < -0.39 is 0 Å². The van der Waals surface area contributed by atoms with E-state index in [1.807, 2.05) is 12.1 Å². The second kappa shape index (κ2) is 8.22. The molecule has 114 valence electrons. The lowest BCUT2D eigenvalue weighted by Crippen LogP contribution is -2.33. The Balaban J connectivity index is 1.91. The third kappa shape index (κ3) is 4.35. The lowest BCUT2D eigenvalue weighted by molar-refractivity contribution is 0.270. The van der Waals surface area contributed by atoms with Crippen LogP contribution in [0.5, 0.6) is 5.75 Å². The van der Waals surface area contributed by atoms with E-state index in [2.05, 4.69) is 35.2 Å². The van der Waals surface area contributed by atoms with Gasteiger partial charge in [-0.15, -0.1) is 0 Å². The summed E-state index contributed by atoms with van der Waals surface area (Å²) in [6, 6.07) is 12.6. The number of rotatable bonds is 6. The molecule has 0 aliphatic carbocycles. The molecule has 1 aromatic rings. The summed E-state index contributed by atoms with van der Waals surface area (Å²) < 4.78 is 5.18. The van der Waals surface area contributed by atoms with Crippen LogP contribution in [0.3, 0.4) is 0 Å². The molecule has 0 fully saturated rings. The zero-order valence-electron chi connectivity index (χ0n) is 13.0. The maximum atomic E-state index is 9.15. The molecule has 4 heteroatoms. The molecule has 0 spiro atoms. The number of benzene rings is 1. The van der Waals surface area contributed by atoms with Crippen LogP contribution in [0.25, 0.3) is 5.57 Å². The van der Waals surface area contributed by atoms with Crippen LogP contribution in [-0.4, -0.2) is 31.6 Å². The van der Waals surface area contributed by atoms with Crippen molar-refractivity contribution in [2.24, 2.45) is 5.92 Å². The summed E-state index contributed by atoms with van der Waals surface area (Å²) in [4.78, 5) is 2.29. The van der Waals surface area contributed by atoms with E-state index in [0.717, 1.165) is 31.8 Å². The van der Waals surface area contributed by atoms with Crippen LogP contribution in [0, 0.1) is 28.6 Å². The molecule has 0 N–H and O–H groups in total. The van der Waals surface area contributed by atoms with Crippen LogP contribution < -0.4 is 4.74 Å². The van der Waals surface area contributed by atoms with E-state index >= 15 is 0 Å². The molecule has 2 rings (SSSR count). The van der Waals surface area contributed by atoms with Gasteiger partial charge in [-0.25, -0.2) is 0 Å². The van der Waals surface area contributed by atoms with Gasteiger partial charge in [-0.3, -0.25) is 4.90 Å². The number of hydrogen-bond acceptors (Lipinski definition) is 4. The third-order valence-electron chi connectivity index (χ3n) is 4.02. The van der Waals surface area contributed by atoms with Gasteiger partial charge < -0.3 is 4.74 Å². The monoisotopic (exact) mass is 295 g/mol. The van der Waals surface area contributed by atoms with Gasteiger partial charge in [0.05, 0.1) is 25.2 Å². The van der Waals surface area contributed by atoms with Crippen molar-refractivity contribution >= 4 is 5.57 Å². The van der Waals surface area contributed by atoms with Crippen molar-refractivity contribution in [2.75, 3.05) is 26.7 Å². The van der Waals surface area contributed by atoms with Crippen molar-refractivity contribution in [3.05, 3.63) is 35.9 Å². The fourth-order valence-electron chi connectivity index (χ4n) is 2.69. The molecule has 1 aliphatic rings. The molecule has 4 nitrogen and oxygen atoms in total. The Morgan fingerprint density at radius 2 is 2.05 bits per heavy atom. The van der Waals surface area contributed by atoms with Gasteiger partial charge in [0.2, 0.25) is 0 Å². The topological polar surface area (TPSA) is 60.0 Å². The van der Waals surface area contributed by atoms with Gasteiger partial charge in [0.15, 0.2) is 0 Å². The Morgan fingerprint density at radius 3 is 2.59 bits per heavy atom. The highest BCUT2D eigenvalue weighted by atomic mass is 16.5. The van der Waals surface area contributed by atoms with Crippen molar-refractivity contribution in [1.29, 1.82) is 10.5 Å². The summed E-state index contributed by atoms with van der Waals surface area (Å²) >= 11 is 0. The van der Waals surface area contributed by atoms with E-state index in [-0.39, 0.29) is 5.92 Å². The molecule has 1 heterocycles. The average molecular weight is 295 g/mol. The molecule has 1 aromatic carbocycles. The first-order valence-electron chi connectivity index (χ1n) is 7.59. The second-order valence-corrected chi connectivity index (χ2v) is 5.49.